The first kappa shape index (κ1) is 10.8. The third-order valence-electron chi connectivity index (χ3n) is 1.02. The summed E-state index contributed by atoms with van der Waals surface area (Å²) in [6.07, 6.45) is 2.71. The van der Waals surface area contributed by atoms with E-state index in [0.717, 1.165) is 12.8 Å². The lowest BCUT2D eigenvalue weighted by molar-refractivity contribution is 0.675. The Bertz CT molecular complexity index is 194. The Hall–Kier alpha value is -0.190. The van der Waals surface area contributed by atoms with Gasteiger partial charge < -0.3 is 0 Å². The smallest absolute Gasteiger partial charge is 0.194 e. The highest BCUT2D eigenvalue weighted by molar-refractivity contribution is 6.56. The van der Waals surface area contributed by atoms with E-state index >= 15 is 0 Å². The van der Waals surface area contributed by atoms with Crippen LogP contribution in [0.3, 0.4) is 0 Å². The Morgan fingerprint density at radius 2 is 2.09 bits per heavy atom. The average molecular weight is 195 g/mol. The summed E-state index contributed by atoms with van der Waals surface area (Å²) in [4.78, 5) is 0. The zero-order valence-electron chi connectivity index (χ0n) is 6.26. The van der Waals surface area contributed by atoms with E-state index in [-0.39, 0.29) is 0 Å². The second-order valence-electron chi connectivity index (χ2n) is 1.98. The summed E-state index contributed by atoms with van der Waals surface area (Å²) in [5.41, 5.74) is 0. The minimum atomic E-state index is -0.746. The molecule has 0 spiro atoms. The van der Waals surface area contributed by atoms with Gasteiger partial charge in [-0.2, -0.15) is 4.39 Å². The first-order valence-electron chi connectivity index (χ1n) is 3.38. The lowest BCUT2D eigenvalue weighted by Crippen LogP contribution is -1.69. The lowest BCUT2D eigenvalue weighted by Gasteiger charge is -1.84. The van der Waals surface area contributed by atoms with Crippen molar-refractivity contribution in [1.82, 2.24) is 0 Å². The van der Waals surface area contributed by atoms with Crippen molar-refractivity contribution in [2.45, 2.75) is 26.2 Å². The highest BCUT2D eigenvalue weighted by atomic mass is 35.5. The summed E-state index contributed by atoms with van der Waals surface area (Å²) in [7, 11) is 0. The maximum atomic E-state index is 12.4. The van der Waals surface area contributed by atoms with E-state index in [4.69, 9.17) is 23.2 Å². The fourth-order valence-corrected chi connectivity index (χ4v) is 0.547. The van der Waals surface area contributed by atoms with Crippen LogP contribution >= 0.6 is 23.2 Å². The van der Waals surface area contributed by atoms with Crippen molar-refractivity contribution >= 4 is 23.2 Å². The Morgan fingerprint density at radius 3 is 2.55 bits per heavy atom. The van der Waals surface area contributed by atoms with Gasteiger partial charge in [-0.25, -0.2) is 0 Å². The standard InChI is InChI=1S/C8H9Cl2F/c1-2-3-4-5-6-7(11)8(9)10/h2-4H2,1H3. The van der Waals surface area contributed by atoms with Crippen LogP contribution in [0, 0.1) is 11.8 Å². The molecule has 0 aromatic heterocycles. The molecule has 62 valence electrons. The van der Waals surface area contributed by atoms with E-state index < -0.39 is 10.3 Å². The number of allylic oxidation sites excluding steroid dienone is 1. The molecule has 0 aliphatic rings. The van der Waals surface area contributed by atoms with Gasteiger partial charge in [-0.05, 0) is 12.3 Å². The monoisotopic (exact) mass is 194 g/mol. The number of hydrogen-bond donors (Lipinski definition) is 0. The van der Waals surface area contributed by atoms with Crippen LogP contribution < -0.4 is 0 Å². The van der Waals surface area contributed by atoms with E-state index in [1.54, 1.807) is 0 Å². The first-order chi connectivity index (χ1) is 5.18. The normalized spacial score (nSPS) is 8.36. The van der Waals surface area contributed by atoms with Gasteiger partial charge in [0.05, 0.1) is 0 Å². The molecule has 0 aliphatic carbocycles. The molecule has 0 aromatic rings. The molecule has 0 saturated heterocycles. The van der Waals surface area contributed by atoms with Crippen LogP contribution in [0.2, 0.25) is 0 Å². The first-order valence-corrected chi connectivity index (χ1v) is 4.13. The van der Waals surface area contributed by atoms with E-state index in [2.05, 4.69) is 11.8 Å². The minimum absolute atomic E-state index is 0.394. The molecule has 0 nitrogen and oxygen atoms in total. The van der Waals surface area contributed by atoms with Crippen LogP contribution in [0.25, 0.3) is 0 Å². The minimum Gasteiger partial charge on any atom is -0.194 e. The van der Waals surface area contributed by atoms with Gasteiger partial charge in [-0.3, -0.25) is 0 Å². The molecule has 0 rings (SSSR count). The molecule has 0 bridgehead atoms. The Balaban J connectivity index is 3.79. The number of hydrogen-bond acceptors (Lipinski definition) is 0. The van der Waals surface area contributed by atoms with Crippen LogP contribution in [0.5, 0.6) is 0 Å². The second-order valence-corrected chi connectivity index (χ2v) is 2.93. The van der Waals surface area contributed by atoms with Gasteiger partial charge in [0.2, 0.25) is 5.83 Å². The zero-order valence-corrected chi connectivity index (χ0v) is 7.77. The third kappa shape index (κ3) is 6.22. The third-order valence-corrected chi connectivity index (χ3v) is 1.35. The second kappa shape index (κ2) is 6.52. The molecule has 0 saturated carbocycles. The fraction of sp³-hybridized carbons (Fsp3) is 0.500. The molecule has 0 heterocycles. The fourth-order valence-electron chi connectivity index (χ4n) is 0.453. The van der Waals surface area contributed by atoms with Gasteiger partial charge in [-0.15, -0.1) is 0 Å². The summed E-state index contributed by atoms with van der Waals surface area (Å²) < 4.78 is 12.0. The van der Waals surface area contributed by atoms with Crippen LogP contribution in [0.15, 0.2) is 10.3 Å². The Kier molecular flexibility index (Phi) is 6.40. The molecule has 0 aromatic carbocycles. The molecular weight excluding hydrogens is 186 g/mol. The van der Waals surface area contributed by atoms with Crippen molar-refractivity contribution in [2.24, 2.45) is 0 Å². The maximum absolute atomic E-state index is 12.4. The van der Waals surface area contributed by atoms with Gasteiger partial charge in [0.25, 0.3) is 0 Å². The topological polar surface area (TPSA) is 0 Å². The van der Waals surface area contributed by atoms with Crippen molar-refractivity contribution in [3.8, 4) is 11.8 Å². The predicted molar refractivity (Wildman–Crippen MR) is 47.1 cm³/mol. The largest absolute Gasteiger partial charge is 0.203 e. The summed E-state index contributed by atoms with van der Waals surface area (Å²) in [6.45, 7) is 2.04. The number of halogens is 3. The Morgan fingerprint density at radius 1 is 1.45 bits per heavy atom. The van der Waals surface area contributed by atoms with Gasteiger partial charge in [0, 0.05) is 6.42 Å². The van der Waals surface area contributed by atoms with Crippen LogP contribution in [-0.4, -0.2) is 0 Å². The van der Waals surface area contributed by atoms with Crippen LogP contribution in [-0.2, 0) is 0 Å². The quantitative estimate of drug-likeness (QED) is 0.464. The van der Waals surface area contributed by atoms with Crippen LogP contribution in [0.1, 0.15) is 26.2 Å². The zero-order chi connectivity index (χ0) is 8.69. The van der Waals surface area contributed by atoms with Crippen molar-refractivity contribution in [3.05, 3.63) is 10.3 Å². The van der Waals surface area contributed by atoms with E-state index in [1.807, 2.05) is 6.92 Å². The molecule has 0 aliphatic heterocycles. The summed E-state index contributed by atoms with van der Waals surface area (Å²) in [5, 5.41) is 0. The van der Waals surface area contributed by atoms with E-state index in [9.17, 15) is 4.39 Å². The van der Waals surface area contributed by atoms with Crippen molar-refractivity contribution in [1.29, 1.82) is 0 Å². The summed E-state index contributed by atoms with van der Waals surface area (Å²) >= 11 is 10.2. The molecule has 11 heavy (non-hydrogen) atoms. The molecule has 0 atom stereocenters. The number of rotatable bonds is 2. The molecule has 0 radical (unpaired) electrons. The average Bonchev–Trinajstić information content (AvgIpc) is 1.97. The highest BCUT2D eigenvalue weighted by Gasteiger charge is 1.93. The van der Waals surface area contributed by atoms with Crippen molar-refractivity contribution in [2.75, 3.05) is 0 Å². The predicted octanol–water partition coefficient (Wildman–Crippen LogP) is 3.80. The van der Waals surface area contributed by atoms with Crippen molar-refractivity contribution in [3.63, 3.8) is 0 Å². The highest BCUT2D eigenvalue weighted by Crippen LogP contribution is 2.13. The van der Waals surface area contributed by atoms with E-state index in [0.29, 0.717) is 6.42 Å². The van der Waals surface area contributed by atoms with Gasteiger partial charge in [0.15, 0.2) is 4.49 Å². The molecule has 0 fully saturated rings. The van der Waals surface area contributed by atoms with Crippen molar-refractivity contribution < 1.29 is 4.39 Å². The molecule has 3 heteroatoms. The lowest BCUT2D eigenvalue weighted by atomic mass is 10.2. The van der Waals surface area contributed by atoms with E-state index in [1.165, 1.54) is 0 Å². The Labute approximate surface area is 76.4 Å². The maximum Gasteiger partial charge on any atom is 0.203 e. The molecule has 0 N–H and O–H groups in total. The van der Waals surface area contributed by atoms with Crippen LogP contribution in [0.4, 0.5) is 4.39 Å². The van der Waals surface area contributed by atoms with Gasteiger partial charge in [0.1, 0.15) is 0 Å². The molecule has 0 unspecified atom stereocenters. The summed E-state index contributed by atoms with van der Waals surface area (Å²) in [5.74, 6) is 4.09. The van der Waals surface area contributed by atoms with Gasteiger partial charge in [-0.1, -0.05) is 42.5 Å². The number of unbranched alkanes of at least 4 members (excludes halogenated alkanes) is 2. The SMILES string of the molecule is CCCCC#CC(F)=C(Cl)Cl. The molecule has 0 amide bonds. The van der Waals surface area contributed by atoms with Gasteiger partial charge >= 0.3 is 0 Å². The molecular formula is C8H9Cl2F. The summed E-state index contributed by atoms with van der Waals surface area (Å²) in [6, 6.07) is 0.